The summed E-state index contributed by atoms with van der Waals surface area (Å²) >= 11 is 0. The van der Waals surface area contributed by atoms with E-state index < -0.39 is 0 Å². The largest absolute Gasteiger partial charge is 0.459 e. The molecule has 0 bridgehead atoms. The van der Waals surface area contributed by atoms with Gasteiger partial charge in [-0.2, -0.15) is 0 Å². The molecule has 1 unspecified atom stereocenters. The second kappa shape index (κ2) is 8.04. The van der Waals surface area contributed by atoms with Crippen LogP contribution in [0.2, 0.25) is 0 Å². The number of piperidine rings is 1. The van der Waals surface area contributed by atoms with Crippen LogP contribution in [0, 0.1) is 5.92 Å². The monoisotopic (exact) mass is 382 g/mol. The van der Waals surface area contributed by atoms with Gasteiger partial charge in [-0.15, -0.1) is 0 Å². The molecular formula is C21H26N4O3. The van der Waals surface area contributed by atoms with Crippen molar-refractivity contribution in [3.8, 4) is 0 Å². The van der Waals surface area contributed by atoms with Gasteiger partial charge < -0.3 is 19.1 Å². The number of aromatic nitrogens is 1. The van der Waals surface area contributed by atoms with Gasteiger partial charge in [-0.25, -0.2) is 0 Å². The van der Waals surface area contributed by atoms with Gasteiger partial charge in [0, 0.05) is 51.2 Å². The van der Waals surface area contributed by atoms with E-state index in [0.29, 0.717) is 43.6 Å². The third-order valence-electron chi connectivity index (χ3n) is 5.57. The summed E-state index contributed by atoms with van der Waals surface area (Å²) in [7, 11) is 0. The van der Waals surface area contributed by atoms with Crippen molar-refractivity contribution >= 4 is 17.5 Å². The van der Waals surface area contributed by atoms with Gasteiger partial charge in [0.15, 0.2) is 5.76 Å². The predicted molar refractivity (Wildman–Crippen MR) is 105 cm³/mol. The summed E-state index contributed by atoms with van der Waals surface area (Å²) < 4.78 is 5.18. The molecule has 28 heavy (non-hydrogen) atoms. The first-order valence-corrected chi connectivity index (χ1v) is 9.95. The van der Waals surface area contributed by atoms with E-state index in [1.807, 2.05) is 12.1 Å². The number of pyridine rings is 1. The number of amides is 2. The van der Waals surface area contributed by atoms with Crippen LogP contribution in [0.5, 0.6) is 0 Å². The van der Waals surface area contributed by atoms with E-state index in [-0.39, 0.29) is 11.8 Å². The first-order chi connectivity index (χ1) is 13.6. The third kappa shape index (κ3) is 3.88. The average molecular weight is 382 g/mol. The van der Waals surface area contributed by atoms with Crippen molar-refractivity contribution in [2.45, 2.75) is 19.8 Å². The third-order valence-corrected chi connectivity index (χ3v) is 5.57. The number of rotatable bonds is 3. The Bertz CT molecular complexity index is 828. The van der Waals surface area contributed by atoms with Gasteiger partial charge in [-0.05, 0) is 43.0 Å². The Morgan fingerprint density at radius 3 is 2.50 bits per heavy atom. The minimum atomic E-state index is -0.128. The summed E-state index contributed by atoms with van der Waals surface area (Å²) in [5, 5.41) is 0. The summed E-state index contributed by atoms with van der Waals surface area (Å²) in [6.07, 6.45) is 5.65. The molecule has 148 valence electrons. The summed E-state index contributed by atoms with van der Waals surface area (Å²) in [5.41, 5.74) is 1.54. The number of carbonyl (C=O) groups is 2. The number of furan rings is 1. The fourth-order valence-corrected chi connectivity index (χ4v) is 3.99. The van der Waals surface area contributed by atoms with Crippen molar-refractivity contribution in [2.75, 3.05) is 44.2 Å². The lowest BCUT2D eigenvalue weighted by Gasteiger charge is -2.35. The van der Waals surface area contributed by atoms with Gasteiger partial charge in [-0.1, -0.05) is 6.92 Å². The maximum Gasteiger partial charge on any atom is 0.289 e. The highest BCUT2D eigenvalue weighted by atomic mass is 16.3. The van der Waals surface area contributed by atoms with Gasteiger partial charge in [0.25, 0.3) is 11.8 Å². The van der Waals surface area contributed by atoms with Gasteiger partial charge in [0.1, 0.15) is 5.69 Å². The van der Waals surface area contributed by atoms with Crippen LogP contribution in [-0.4, -0.2) is 65.9 Å². The van der Waals surface area contributed by atoms with Crippen molar-refractivity contribution in [1.29, 1.82) is 0 Å². The molecule has 4 rings (SSSR count). The minimum Gasteiger partial charge on any atom is -0.459 e. The summed E-state index contributed by atoms with van der Waals surface area (Å²) in [6, 6.07) is 7.25. The van der Waals surface area contributed by atoms with E-state index in [1.54, 1.807) is 28.1 Å². The number of carbonyl (C=O) groups excluding carboxylic acids is 2. The molecule has 4 heterocycles. The topological polar surface area (TPSA) is 69.9 Å². The Morgan fingerprint density at radius 2 is 1.82 bits per heavy atom. The molecule has 7 heteroatoms. The van der Waals surface area contributed by atoms with Crippen molar-refractivity contribution in [3.63, 3.8) is 0 Å². The lowest BCUT2D eigenvalue weighted by molar-refractivity contribution is 0.0515. The highest BCUT2D eigenvalue weighted by molar-refractivity contribution is 5.94. The fraction of sp³-hybridized carbons (Fsp3) is 0.476. The Labute approximate surface area is 164 Å². The lowest BCUT2D eigenvalue weighted by Crippen LogP contribution is -2.50. The Kier molecular flexibility index (Phi) is 5.32. The van der Waals surface area contributed by atoms with E-state index in [2.05, 4.69) is 16.8 Å². The van der Waals surface area contributed by atoms with Crippen molar-refractivity contribution < 1.29 is 14.0 Å². The molecule has 0 radical (unpaired) electrons. The van der Waals surface area contributed by atoms with E-state index >= 15 is 0 Å². The molecule has 2 amide bonds. The number of hydrogen-bond acceptors (Lipinski definition) is 5. The molecule has 2 saturated heterocycles. The highest BCUT2D eigenvalue weighted by Gasteiger charge is 2.27. The molecular weight excluding hydrogens is 356 g/mol. The first kappa shape index (κ1) is 18.5. The van der Waals surface area contributed by atoms with Crippen LogP contribution in [0.4, 0.5) is 5.69 Å². The van der Waals surface area contributed by atoms with Gasteiger partial charge in [0.2, 0.25) is 0 Å². The van der Waals surface area contributed by atoms with Crippen LogP contribution in [0.25, 0.3) is 0 Å². The van der Waals surface area contributed by atoms with Crippen LogP contribution in [0.1, 0.15) is 40.8 Å². The molecule has 0 saturated carbocycles. The highest BCUT2D eigenvalue weighted by Crippen LogP contribution is 2.23. The van der Waals surface area contributed by atoms with Gasteiger partial charge in [-0.3, -0.25) is 14.6 Å². The molecule has 7 nitrogen and oxygen atoms in total. The van der Waals surface area contributed by atoms with E-state index in [1.165, 1.54) is 19.1 Å². The van der Waals surface area contributed by atoms with Crippen molar-refractivity contribution in [2.24, 2.45) is 5.92 Å². The van der Waals surface area contributed by atoms with Crippen LogP contribution in [0.3, 0.4) is 0 Å². The maximum absolute atomic E-state index is 12.9. The molecule has 2 aliphatic rings. The molecule has 1 atom stereocenters. The van der Waals surface area contributed by atoms with Crippen LogP contribution < -0.4 is 4.90 Å². The molecule has 0 aromatic carbocycles. The smallest absolute Gasteiger partial charge is 0.289 e. The minimum absolute atomic E-state index is 0.0722. The number of nitrogens with zero attached hydrogens (tertiary/aromatic N) is 4. The predicted octanol–water partition coefficient (Wildman–Crippen LogP) is 2.51. The molecule has 2 fully saturated rings. The molecule has 0 N–H and O–H groups in total. The fourth-order valence-electron chi connectivity index (χ4n) is 3.99. The molecule has 2 aromatic rings. The van der Waals surface area contributed by atoms with E-state index in [9.17, 15) is 9.59 Å². The number of piperazine rings is 1. The summed E-state index contributed by atoms with van der Waals surface area (Å²) in [6.45, 7) is 6.29. The second-order valence-electron chi connectivity index (χ2n) is 7.65. The zero-order valence-electron chi connectivity index (χ0n) is 16.2. The SMILES string of the molecule is CC1CCCN(c2ccnc(C(=O)N3CCN(C(=O)c4ccco4)CC3)c2)C1. The van der Waals surface area contributed by atoms with Crippen molar-refractivity contribution in [3.05, 3.63) is 48.2 Å². The molecule has 0 spiro atoms. The number of hydrogen-bond donors (Lipinski definition) is 0. The van der Waals surface area contributed by atoms with E-state index in [4.69, 9.17) is 4.42 Å². The van der Waals surface area contributed by atoms with Gasteiger partial charge >= 0.3 is 0 Å². The van der Waals surface area contributed by atoms with Crippen LogP contribution in [0.15, 0.2) is 41.1 Å². The van der Waals surface area contributed by atoms with Crippen molar-refractivity contribution in [1.82, 2.24) is 14.8 Å². The summed E-state index contributed by atoms with van der Waals surface area (Å²) in [5.74, 6) is 0.805. The van der Waals surface area contributed by atoms with E-state index in [0.717, 1.165) is 18.8 Å². The lowest BCUT2D eigenvalue weighted by atomic mass is 10.00. The second-order valence-corrected chi connectivity index (χ2v) is 7.65. The van der Waals surface area contributed by atoms with Crippen LogP contribution in [-0.2, 0) is 0 Å². The average Bonchev–Trinajstić information content (AvgIpc) is 3.28. The molecule has 2 aliphatic heterocycles. The Balaban J connectivity index is 1.39. The van der Waals surface area contributed by atoms with Gasteiger partial charge in [0.05, 0.1) is 6.26 Å². The normalized spacial score (nSPS) is 20.3. The zero-order valence-corrected chi connectivity index (χ0v) is 16.2. The molecule has 0 aliphatic carbocycles. The Morgan fingerprint density at radius 1 is 1.07 bits per heavy atom. The first-order valence-electron chi connectivity index (χ1n) is 9.95. The quantitative estimate of drug-likeness (QED) is 0.816. The molecule has 2 aromatic heterocycles. The maximum atomic E-state index is 12.9. The summed E-state index contributed by atoms with van der Waals surface area (Å²) in [4.78, 5) is 35.4. The number of anilines is 1. The van der Waals surface area contributed by atoms with Crippen LogP contribution >= 0.6 is 0 Å². The Hall–Kier alpha value is -2.83. The standard InChI is InChI=1S/C21H26N4O3/c1-16-4-2-8-25(15-16)17-6-7-22-18(14-17)20(26)23-9-11-24(12-10-23)21(27)19-5-3-13-28-19/h3,5-7,13-14,16H,2,4,8-12,15H2,1H3. The zero-order chi connectivity index (χ0) is 19.5.